The molecule has 0 aliphatic carbocycles. The molecule has 2 amide bonds. The van der Waals surface area contributed by atoms with Crippen molar-refractivity contribution >= 4 is 29.8 Å². The first-order valence-corrected chi connectivity index (χ1v) is 8.36. The molecular weight excluding hydrogens is 425 g/mol. The summed E-state index contributed by atoms with van der Waals surface area (Å²) >= 11 is 0. The van der Waals surface area contributed by atoms with Gasteiger partial charge in [0.25, 0.3) is 5.91 Å². The van der Waals surface area contributed by atoms with Crippen LogP contribution in [0.5, 0.6) is 0 Å². The van der Waals surface area contributed by atoms with Crippen LogP contribution in [0, 0.1) is 0 Å². The van der Waals surface area contributed by atoms with Crippen molar-refractivity contribution in [2.24, 2.45) is 7.05 Å². The second kappa shape index (κ2) is 8.25. The second-order valence-electron chi connectivity index (χ2n) is 6.10. The second-order valence-corrected chi connectivity index (χ2v) is 6.10. The Kier molecular flexibility index (Phi) is 5.72. The molecule has 162 valence electrons. The molecule has 0 radical (unpaired) electrons. The van der Waals surface area contributed by atoms with Crippen molar-refractivity contribution < 1.29 is 37.1 Å². The average molecular weight is 438 g/mol. The lowest BCUT2D eigenvalue weighted by atomic mass is 10.2. The fourth-order valence-electron chi connectivity index (χ4n) is 2.51. The van der Waals surface area contributed by atoms with E-state index in [4.69, 9.17) is 9.52 Å². The molecule has 3 aromatic heterocycles. The molecule has 0 saturated carbocycles. The Morgan fingerprint density at radius 3 is 2.77 bits per heavy atom. The number of pyridine rings is 1. The summed E-state index contributed by atoms with van der Waals surface area (Å²) < 4.78 is 44.5. The van der Waals surface area contributed by atoms with Gasteiger partial charge in [0.15, 0.2) is 12.0 Å². The van der Waals surface area contributed by atoms with Crippen molar-refractivity contribution in [2.75, 3.05) is 16.8 Å². The Balaban J connectivity index is 1.83. The summed E-state index contributed by atoms with van der Waals surface area (Å²) in [6, 6.07) is 2.34. The summed E-state index contributed by atoms with van der Waals surface area (Å²) in [6.45, 7) is -1.76. The number of hydrogen-bond donors (Lipinski definition) is 2. The fraction of sp³-hybridized carbons (Fsp3) is 0.176. The first-order valence-electron chi connectivity index (χ1n) is 8.36. The van der Waals surface area contributed by atoms with Crippen LogP contribution in [-0.2, 0) is 7.05 Å². The normalized spacial score (nSPS) is 11.2. The number of nitrogens with zero attached hydrogens (tertiary/aromatic N) is 5. The standard InChI is InChI=1S/C17H13F3N6O5/c1-25-5-10(11(6-27)24-25)22-14(28)12-7-31-15(23-12)9-2-3-21-13(4-9)26(16(29)30)8-17(18,19)20/h2-7H,8H2,1H3,(H,22,28)(H,29,30). The van der Waals surface area contributed by atoms with Crippen molar-refractivity contribution in [1.29, 1.82) is 0 Å². The van der Waals surface area contributed by atoms with Gasteiger partial charge in [-0.15, -0.1) is 0 Å². The first kappa shape index (κ1) is 21.5. The number of carboxylic acid groups (broad SMARTS) is 1. The van der Waals surface area contributed by atoms with Gasteiger partial charge in [-0.2, -0.15) is 18.3 Å². The number of carbonyl (C=O) groups excluding carboxylic acids is 2. The highest BCUT2D eigenvalue weighted by molar-refractivity contribution is 6.04. The largest absolute Gasteiger partial charge is 0.465 e. The van der Waals surface area contributed by atoms with Crippen LogP contribution in [0.4, 0.5) is 29.5 Å². The maximum absolute atomic E-state index is 12.7. The van der Waals surface area contributed by atoms with Crippen molar-refractivity contribution in [3.8, 4) is 11.5 Å². The molecule has 0 unspecified atom stereocenters. The van der Waals surface area contributed by atoms with Gasteiger partial charge in [-0.3, -0.25) is 19.2 Å². The summed E-state index contributed by atoms with van der Waals surface area (Å²) in [5.74, 6) is -1.39. The van der Waals surface area contributed by atoms with Gasteiger partial charge in [0.05, 0.1) is 5.69 Å². The summed E-state index contributed by atoms with van der Waals surface area (Å²) in [5, 5.41) is 15.4. The molecule has 11 nitrogen and oxygen atoms in total. The molecule has 0 atom stereocenters. The quantitative estimate of drug-likeness (QED) is 0.559. The van der Waals surface area contributed by atoms with Crippen molar-refractivity contribution in [1.82, 2.24) is 19.7 Å². The minimum atomic E-state index is -4.78. The highest BCUT2D eigenvalue weighted by Gasteiger charge is 2.34. The number of alkyl halides is 3. The molecule has 3 aromatic rings. The van der Waals surface area contributed by atoms with Gasteiger partial charge in [-0.1, -0.05) is 0 Å². The van der Waals surface area contributed by atoms with E-state index in [-0.39, 0.29) is 33.4 Å². The fourth-order valence-corrected chi connectivity index (χ4v) is 2.51. The molecule has 31 heavy (non-hydrogen) atoms. The van der Waals surface area contributed by atoms with Crippen LogP contribution in [0.2, 0.25) is 0 Å². The topological polar surface area (TPSA) is 143 Å². The first-order chi connectivity index (χ1) is 14.6. The highest BCUT2D eigenvalue weighted by Crippen LogP contribution is 2.26. The number of oxazole rings is 1. The smallest absolute Gasteiger partial charge is 0.413 e. The average Bonchev–Trinajstić information content (AvgIpc) is 3.32. The zero-order chi connectivity index (χ0) is 22.8. The number of carbonyl (C=O) groups is 3. The Hall–Kier alpha value is -4.23. The van der Waals surface area contributed by atoms with Gasteiger partial charge in [-0.05, 0) is 12.1 Å². The zero-order valence-corrected chi connectivity index (χ0v) is 15.6. The number of rotatable bonds is 6. The van der Waals surface area contributed by atoms with E-state index < -0.39 is 30.5 Å². The SMILES string of the molecule is Cn1cc(NC(=O)c2coc(-c3ccnc(N(CC(F)(F)F)C(=O)O)c3)n2)c(C=O)n1. The number of aldehydes is 1. The van der Waals surface area contributed by atoms with E-state index in [1.54, 1.807) is 7.05 Å². The monoisotopic (exact) mass is 438 g/mol. The van der Waals surface area contributed by atoms with Gasteiger partial charge >= 0.3 is 12.3 Å². The lowest BCUT2D eigenvalue weighted by molar-refractivity contribution is -0.119. The molecule has 0 bridgehead atoms. The third kappa shape index (κ3) is 5.04. The van der Waals surface area contributed by atoms with E-state index in [2.05, 4.69) is 20.4 Å². The molecule has 0 fully saturated rings. The Bertz CT molecular complexity index is 1140. The molecule has 0 aliphatic heterocycles. The number of amides is 2. The molecule has 0 spiro atoms. The van der Waals surface area contributed by atoms with E-state index in [0.717, 1.165) is 18.5 Å². The number of aromatic nitrogens is 4. The molecule has 0 aliphatic rings. The number of hydrogen-bond acceptors (Lipinski definition) is 7. The van der Waals surface area contributed by atoms with Gasteiger partial charge in [-0.25, -0.2) is 14.8 Å². The Labute approximate surface area is 171 Å². The maximum Gasteiger partial charge on any atom is 0.413 e. The van der Waals surface area contributed by atoms with Crippen LogP contribution >= 0.6 is 0 Å². The van der Waals surface area contributed by atoms with Crippen LogP contribution in [0.15, 0.2) is 35.2 Å². The highest BCUT2D eigenvalue weighted by atomic mass is 19.4. The minimum Gasteiger partial charge on any atom is -0.465 e. The number of nitrogens with one attached hydrogen (secondary N) is 1. The lowest BCUT2D eigenvalue weighted by Gasteiger charge is -2.19. The predicted molar refractivity (Wildman–Crippen MR) is 97.7 cm³/mol. The van der Waals surface area contributed by atoms with Crippen molar-refractivity contribution in [3.05, 3.63) is 42.2 Å². The molecule has 3 rings (SSSR count). The Morgan fingerprint density at radius 2 is 2.13 bits per heavy atom. The summed E-state index contributed by atoms with van der Waals surface area (Å²) in [4.78, 5) is 42.2. The van der Waals surface area contributed by atoms with E-state index in [1.165, 1.54) is 16.9 Å². The third-order valence-corrected chi connectivity index (χ3v) is 3.79. The zero-order valence-electron chi connectivity index (χ0n) is 15.6. The summed E-state index contributed by atoms with van der Waals surface area (Å²) in [6.07, 6.45) is -2.70. The molecule has 2 N–H and O–H groups in total. The molecular formula is C17H13F3N6O5. The molecule has 3 heterocycles. The van der Waals surface area contributed by atoms with Crippen molar-refractivity contribution in [3.63, 3.8) is 0 Å². The van der Waals surface area contributed by atoms with Crippen LogP contribution in [0.3, 0.4) is 0 Å². The maximum atomic E-state index is 12.7. The summed E-state index contributed by atoms with van der Waals surface area (Å²) in [5.41, 5.74) is 0.0335. The molecule has 0 aromatic carbocycles. The number of halogens is 3. The minimum absolute atomic E-state index is 0.00299. The van der Waals surface area contributed by atoms with Gasteiger partial charge in [0, 0.05) is 25.0 Å². The Morgan fingerprint density at radius 1 is 1.39 bits per heavy atom. The van der Waals surface area contributed by atoms with E-state index >= 15 is 0 Å². The van der Waals surface area contributed by atoms with E-state index in [9.17, 15) is 27.6 Å². The van der Waals surface area contributed by atoms with Crippen LogP contribution in [0.1, 0.15) is 21.0 Å². The molecule has 14 heteroatoms. The van der Waals surface area contributed by atoms with Crippen LogP contribution in [0.25, 0.3) is 11.5 Å². The van der Waals surface area contributed by atoms with Gasteiger partial charge in [0.1, 0.15) is 24.3 Å². The predicted octanol–water partition coefficient (Wildman–Crippen LogP) is 2.58. The van der Waals surface area contributed by atoms with E-state index in [1.807, 2.05) is 0 Å². The third-order valence-electron chi connectivity index (χ3n) is 3.79. The number of aryl methyl sites for hydroxylation is 1. The van der Waals surface area contributed by atoms with E-state index in [0.29, 0.717) is 6.29 Å². The van der Waals surface area contributed by atoms with Crippen LogP contribution < -0.4 is 10.2 Å². The molecule has 0 saturated heterocycles. The lowest BCUT2D eigenvalue weighted by Crippen LogP contribution is -2.38. The van der Waals surface area contributed by atoms with Gasteiger partial charge in [0.2, 0.25) is 5.89 Å². The number of anilines is 2. The van der Waals surface area contributed by atoms with Gasteiger partial charge < -0.3 is 14.8 Å². The van der Waals surface area contributed by atoms with Crippen LogP contribution in [-0.4, -0.2) is 55.9 Å². The summed E-state index contributed by atoms with van der Waals surface area (Å²) in [7, 11) is 1.55. The van der Waals surface area contributed by atoms with Crippen molar-refractivity contribution in [2.45, 2.75) is 6.18 Å².